The van der Waals surface area contributed by atoms with Gasteiger partial charge in [-0.05, 0) is 11.1 Å². The largest absolute Gasteiger partial charge is 0.463 e. The molecule has 0 N–H and O–H groups in total. The molecule has 21 aliphatic rings. The minimum absolute atomic E-state index is 0.792. The van der Waals surface area contributed by atoms with Crippen molar-refractivity contribution < 1.29 is 247 Å². The van der Waals surface area contributed by atoms with Crippen LogP contribution >= 0.6 is 0 Å². The summed E-state index contributed by atoms with van der Waals surface area (Å²) in [6.07, 6.45) is -80.9. The molecule has 14 bridgehead atoms. The average Bonchev–Trinajstić information content (AvgIpc) is 0.769. The number of ether oxygens (including phenoxy) is 33. The van der Waals surface area contributed by atoms with Crippen LogP contribution in [0.2, 0.25) is 0 Å². The SMILES string of the molecule is CC(=O)OCC1O[C@@H]2O[C@@H]3C(CN=[N+]=[N-])O[C@H](O[C@@H]4C(COC(C)=O)O[C@@H](O[C@@H]5C(COC(C)=O)O[C@@H](O[C@@H]6C(CN=[N+]=[N-])O[C@@H](O[C@@H]7C(COC(C)=O)O[C@H](O[C@@H]8C(COC(C)=O)O[C@H](O[C@H]1[C@H](OC(C)=O)C2OC(C)=O)C(OC(C)=O)[C@H]8OC(C)=O)C(OC(C)=O)[C@@H]7OC(C)=O)C(OC(C)=O)[C@@H]6OC(C)=O)C(OC(C)=O)[C@@H]5OC(C)=O)C(OC(C)=O)[C@H]4OC(C)=O)C(OC(C)=O)[C@H]3OC(C)=O. The average molecular weight is 1980 g/mol. The summed E-state index contributed by atoms with van der Waals surface area (Å²) in [5, 5.41) is 7.31. The van der Waals surface area contributed by atoms with E-state index in [1.807, 2.05) is 0 Å². The van der Waals surface area contributed by atoms with E-state index in [0.717, 1.165) is 132 Å². The highest BCUT2D eigenvalue weighted by Crippen LogP contribution is 2.45. The van der Waals surface area contributed by atoms with Gasteiger partial charge in [-0.1, -0.05) is 10.2 Å². The molecule has 0 aromatic heterocycles. The lowest BCUT2D eigenvalue weighted by molar-refractivity contribution is -0.395. The van der Waals surface area contributed by atoms with Crippen molar-refractivity contribution in [3.8, 4) is 0 Å². The molecule has 35 atom stereocenters. The molecule has 21 aliphatic heterocycles. The summed E-state index contributed by atoms with van der Waals surface area (Å²) >= 11 is 0. The van der Waals surface area contributed by atoms with Crippen LogP contribution in [0.4, 0.5) is 0 Å². The fourth-order valence-corrected chi connectivity index (χ4v) is 15.8. The van der Waals surface area contributed by atoms with Crippen LogP contribution in [0.15, 0.2) is 10.2 Å². The number of rotatable bonds is 28. The molecule has 0 spiro atoms. The molecule has 0 aromatic carbocycles. The van der Waals surface area contributed by atoms with Gasteiger partial charge < -0.3 is 156 Å². The van der Waals surface area contributed by atoms with Crippen LogP contribution < -0.4 is 0 Å². The van der Waals surface area contributed by atoms with Crippen molar-refractivity contribution >= 4 is 113 Å². The van der Waals surface area contributed by atoms with Crippen LogP contribution in [0.1, 0.15) is 132 Å². The molecule has 0 radical (unpaired) electrons. The Balaban J connectivity index is 1.51. The second-order valence-electron chi connectivity index (χ2n) is 31.4. The molecular weight excluding hydrogens is 1880 g/mol. The zero-order valence-corrected chi connectivity index (χ0v) is 77.6. The summed E-state index contributed by atoms with van der Waals surface area (Å²) in [6, 6.07) is 0. The van der Waals surface area contributed by atoms with Crippen molar-refractivity contribution in [2.24, 2.45) is 10.2 Å². The molecule has 58 heteroatoms. The van der Waals surface area contributed by atoms with Crippen LogP contribution in [-0.2, 0) is 247 Å². The van der Waals surface area contributed by atoms with Gasteiger partial charge in [0, 0.05) is 141 Å². The molecule has 21 rings (SSSR count). The van der Waals surface area contributed by atoms with E-state index in [4.69, 9.17) is 156 Å². The van der Waals surface area contributed by atoms with Gasteiger partial charge in [0.1, 0.15) is 106 Å². The first kappa shape index (κ1) is 111. The molecule has 138 heavy (non-hydrogen) atoms. The number of carbonyl (C=O) groups excluding carboxylic acids is 19. The molecule has 0 saturated carbocycles. The van der Waals surface area contributed by atoms with Crippen LogP contribution in [-0.4, -0.2) is 374 Å². The van der Waals surface area contributed by atoms with Crippen LogP contribution in [0, 0.1) is 0 Å². The number of esters is 19. The Kier molecular flexibility index (Phi) is 41.2. The van der Waals surface area contributed by atoms with E-state index >= 15 is 0 Å². The maximum absolute atomic E-state index is 13.9. The minimum Gasteiger partial charge on any atom is -0.463 e. The third-order valence-corrected chi connectivity index (χ3v) is 20.3. The van der Waals surface area contributed by atoms with E-state index in [9.17, 15) is 102 Å². The second-order valence-corrected chi connectivity index (χ2v) is 31.4. The third kappa shape index (κ3) is 31.2. The zero-order valence-electron chi connectivity index (χ0n) is 77.6. The molecule has 21 heterocycles. The van der Waals surface area contributed by atoms with Gasteiger partial charge in [-0.2, -0.15) is 0 Å². The Morgan fingerprint density at radius 3 is 0.413 bits per heavy atom. The summed E-state index contributed by atoms with van der Waals surface area (Å²) < 4.78 is 203. The van der Waals surface area contributed by atoms with E-state index in [1.54, 1.807) is 0 Å². The molecule has 21 fully saturated rings. The quantitative estimate of drug-likeness (QED) is 0.0276. The van der Waals surface area contributed by atoms with Crippen LogP contribution in [0.3, 0.4) is 0 Å². The summed E-state index contributed by atoms with van der Waals surface area (Å²) in [4.78, 5) is 266. The first-order valence-corrected chi connectivity index (χ1v) is 42.2. The maximum atomic E-state index is 13.9. The molecule has 0 aromatic rings. The Bertz CT molecular complexity index is 4380. The fraction of sp³-hybridized carbons (Fsp3) is 0.762. The standard InChI is InChI=1S/C80H106N6O52/c1-27(87)106-22-48-55-62(113-34(8)94)71(122-43(17)103)78(129-48)136-57-50(24-108-29(3)89)127-76(69(120-41(15)101)64(57)115-36(10)96)132-53-46(20-83-85-81)126-75(68(119-40(14)100)60(53)111-32(6)92)135-56-49(23-107-28(2)88)130-79(72(123-44(18)104)63(56)114-35(9)95)138-59-52(26-110-31(5)91)131-80(73(124-45(19)105)66(59)117-38(12)98)137-58-51(25-109-30(4)90)128-77(70(121-42(16)102)65(58)116-37(11)97)133-54-47(21-84-86-82)125-74(134-55)67(118-39(13)99)61(54)112-33(7)93/h46-80H,20-26H2,1-19H3/t46?,47?,48?,49?,50?,51?,52?,53-,54-,55-,56-,57-,58-,59-,60-,61+,62+,63-,64-,65+,66+,67?,68?,69?,70?,71?,72?,73?,74-,75+,76+,77-,78+,79-,80-/m1/s1. The third-order valence-electron chi connectivity index (χ3n) is 20.3. The van der Waals surface area contributed by atoms with Gasteiger partial charge in [-0.3, -0.25) is 91.1 Å². The number of nitrogens with zero attached hydrogens (tertiary/aromatic N) is 6. The Hall–Kier alpha value is -12.0. The summed E-state index contributed by atoms with van der Waals surface area (Å²) in [7, 11) is 0. The lowest BCUT2D eigenvalue weighted by Crippen LogP contribution is -2.70. The van der Waals surface area contributed by atoms with E-state index in [-0.39, 0.29) is 0 Å². The van der Waals surface area contributed by atoms with Gasteiger partial charge in [0.15, 0.2) is 129 Å². The van der Waals surface area contributed by atoms with Gasteiger partial charge in [-0.15, -0.1) is 0 Å². The molecular formula is C80H106N6O52. The highest BCUT2D eigenvalue weighted by molar-refractivity contribution is 5.73. The smallest absolute Gasteiger partial charge is 0.303 e. The molecule has 0 aliphatic carbocycles. The highest BCUT2D eigenvalue weighted by Gasteiger charge is 2.66. The molecule has 0 amide bonds. The lowest BCUT2D eigenvalue weighted by atomic mass is 9.94. The van der Waals surface area contributed by atoms with Gasteiger partial charge in [0.2, 0.25) is 0 Å². The lowest BCUT2D eigenvalue weighted by Gasteiger charge is -2.52. The van der Waals surface area contributed by atoms with E-state index in [1.165, 1.54) is 0 Å². The highest BCUT2D eigenvalue weighted by atomic mass is 16.8. The maximum Gasteiger partial charge on any atom is 0.303 e. The van der Waals surface area contributed by atoms with Crippen molar-refractivity contribution in [1.82, 2.24) is 0 Å². The van der Waals surface area contributed by atoms with Crippen molar-refractivity contribution in [2.45, 2.75) is 346 Å². The fourth-order valence-electron chi connectivity index (χ4n) is 15.8. The van der Waals surface area contributed by atoms with Gasteiger partial charge in [-0.25, -0.2) is 0 Å². The molecule has 768 valence electrons. The second kappa shape index (κ2) is 51.1. The molecule has 14 unspecified atom stereocenters. The normalized spacial score (nSPS) is 34.9. The van der Waals surface area contributed by atoms with Gasteiger partial charge >= 0.3 is 113 Å². The first-order valence-electron chi connectivity index (χ1n) is 42.2. The topological polar surface area (TPSA) is 726 Å². The van der Waals surface area contributed by atoms with Crippen LogP contribution in [0.25, 0.3) is 20.9 Å². The first-order chi connectivity index (χ1) is 64.9. The number of carbonyl (C=O) groups is 19. The number of hydrogen-bond acceptors (Lipinski definition) is 54. The Labute approximate surface area is 782 Å². The zero-order chi connectivity index (χ0) is 102. The molecule has 21 saturated heterocycles. The Morgan fingerprint density at radius 1 is 0.181 bits per heavy atom. The predicted octanol–water partition coefficient (Wildman–Crippen LogP) is -1.75. The monoisotopic (exact) mass is 1980 g/mol. The van der Waals surface area contributed by atoms with Crippen molar-refractivity contribution in [2.75, 3.05) is 46.1 Å². The predicted molar refractivity (Wildman–Crippen MR) is 424 cm³/mol. The van der Waals surface area contributed by atoms with Gasteiger partial charge in [0.05, 0.1) is 25.3 Å². The summed E-state index contributed by atoms with van der Waals surface area (Å²) in [5.41, 5.74) is 20.2. The van der Waals surface area contributed by atoms with E-state index < -0.39 is 374 Å². The number of hydrogen-bond donors (Lipinski definition) is 0. The molecule has 58 nitrogen and oxygen atoms in total. The van der Waals surface area contributed by atoms with Crippen molar-refractivity contribution in [3.05, 3.63) is 20.9 Å². The van der Waals surface area contributed by atoms with Crippen molar-refractivity contribution in [1.29, 1.82) is 0 Å². The van der Waals surface area contributed by atoms with Gasteiger partial charge in [0.25, 0.3) is 0 Å². The Morgan fingerprint density at radius 2 is 0.297 bits per heavy atom. The summed E-state index contributed by atoms with van der Waals surface area (Å²) in [6.45, 7) is 7.88. The summed E-state index contributed by atoms with van der Waals surface area (Å²) in [5.74, 6) is -23.9. The van der Waals surface area contributed by atoms with E-state index in [0.29, 0.717) is 0 Å². The minimum atomic E-state index is -2.46. The van der Waals surface area contributed by atoms with E-state index in [2.05, 4.69) is 20.1 Å². The van der Waals surface area contributed by atoms with Crippen molar-refractivity contribution in [3.63, 3.8) is 0 Å². The van der Waals surface area contributed by atoms with Crippen LogP contribution in [0.5, 0.6) is 0 Å². The number of azide groups is 2.